The standard InChI is InChI=1S/C6H8N2.C2H3ClO2/c7-5-3-1-2-4-6(5)8;3-1-2(4)5/h1-4H,7-8H2;1H2,(H,4,5). The molecule has 5 N–H and O–H groups in total. The molecular weight excluding hydrogens is 192 g/mol. The van der Waals surface area contributed by atoms with Crippen LogP contribution in [0.1, 0.15) is 0 Å². The van der Waals surface area contributed by atoms with Crippen molar-refractivity contribution in [2.45, 2.75) is 0 Å². The smallest absolute Gasteiger partial charge is 0.151 e. The number of quaternary nitrogens is 1. The Kier molecular flexibility index (Phi) is 5.67. The molecule has 0 heterocycles. The van der Waals surface area contributed by atoms with Crippen LogP contribution in [0.25, 0.3) is 0 Å². The van der Waals surface area contributed by atoms with Gasteiger partial charge < -0.3 is 21.4 Å². The minimum Gasteiger partial charge on any atom is -0.549 e. The summed E-state index contributed by atoms with van der Waals surface area (Å²) in [6, 6.07) is 7.53. The van der Waals surface area contributed by atoms with Crippen LogP contribution in [0.4, 0.5) is 11.4 Å². The molecule has 4 nitrogen and oxygen atoms in total. The second-order valence-electron chi connectivity index (χ2n) is 2.20. The zero-order chi connectivity index (χ0) is 10.3. The summed E-state index contributed by atoms with van der Waals surface area (Å²) >= 11 is 4.67. The van der Waals surface area contributed by atoms with Crippen molar-refractivity contribution in [2.24, 2.45) is 0 Å². The third kappa shape index (κ3) is 5.95. The molecule has 5 heteroatoms. The van der Waals surface area contributed by atoms with E-state index in [2.05, 4.69) is 17.3 Å². The summed E-state index contributed by atoms with van der Waals surface area (Å²) in [5.74, 6) is -1.65. The molecule has 13 heavy (non-hydrogen) atoms. The zero-order valence-electron chi connectivity index (χ0n) is 7.00. The van der Waals surface area contributed by atoms with Gasteiger partial charge >= 0.3 is 0 Å². The fraction of sp³-hybridized carbons (Fsp3) is 0.125. The van der Waals surface area contributed by atoms with Crippen LogP contribution in [-0.2, 0) is 4.79 Å². The second-order valence-corrected chi connectivity index (χ2v) is 2.47. The molecular formula is C8H11ClN2O2. The predicted octanol–water partition coefficient (Wildman–Crippen LogP) is -0.883. The third-order valence-electron chi connectivity index (χ3n) is 1.16. The van der Waals surface area contributed by atoms with Crippen LogP contribution < -0.4 is 16.6 Å². The van der Waals surface area contributed by atoms with Gasteiger partial charge in [0.1, 0.15) is 0 Å². The first-order valence-corrected chi connectivity index (χ1v) is 4.03. The number of carbonyl (C=O) groups excluding carboxylic acids is 1. The number of nitrogens with two attached hydrogens (primary N) is 1. The van der Waals surface area contributed by atoms with Crippen molar-refractivity contribution >= 4 is 28.9 Å². The Balaban J connectivity index is 0.000000252. The van der Waals surface area contributed by atoms with Gasteiger partial charge in [-0.3, -0.25) is 0 Å². The Morgan fingerprint density at radius 2 is 2.00 bits per heavy atom. The number of aliphatic carboxylic acids is 1. The van der Waals surface area contributed by atoms with Crippen LogP contribution in [-0.4, -0.2) is 11.8 Å². The van der Waals surface area contributed by atoms with Gasteiger partial charge in [0.2, 0.25) is 0 Å². The van der Waals surface area contributed by atoms with E-state index in [9.17, 15) is 0 Å². The predicted molar refractivity (Wildman–Crippen MR) is 49.1 cm³/mol. The number of halogens is 1. The van der Waals surface area contributed by atoms with Crippen molar-refractivity contribution in [1.82, 2.24) is 0 Å². The molecule has 0 aliphatic rings. The summed E-state index contributed by atoms with van der Waals surface area (Å²) in [7, 11) is 0. The Labute approximate surface area is 81.1 Å². The first-order valence-electron chi connectivity index (χ1n) is 3.50. The monoisotopic (exact) mass is 202 g/mol. The van der Waals surface area contributed by atoms with Crippen LogP contribution >= 0.6 is 11.6 Å². The summed E-state index contributed by atoms with van der Waals surface area (Å²) in [6.45, 7) is 0. The number of rotatable bonds is 1. The fourth-order valence-corrected chi connectivity index (χ4v) is 0.534. The van der Waals surface area contributed by atoms with E-state index in [1.165, 1.54) is 0 Å². The van der Waals surface area contributed by atoms with Crippen LogP contribution in [0.15, 0.2) is 24.3 Å². The molecule has 0 fully saturated rings. The largest absolute Gasteiger partial charge is 0.549 e. The van der Waals surface area contributed by atoms with E-state index < -0.39 is 11.8 Å². The summed E-state index contributed by atoms with van der Waals surface area (Å²) in [5, 5.41) is 9.12. The third-order valence-corrected chi connectivity index (χ3v) is 1.38. The van der Waals surface area contributed by atoms with Gasteiger partial charge in [-0.2, -0.15) is 0 Å². The van der Waals surface area contributed by atoms with Crippen LogP contribution in [0.2, 0.25) is 0 Å². The molecule has 0 atom stereocenters. The first-order chi connectivity index (χ1) is 6.07. The van der Waals surface area contributed by atoms with Crippen molar-refractivity contribution in [2.75, 3.05) is 11.6 Å². The minimum absolute atomic E-state index is 0.417. The molecule has 0 spiro atoms. The lowest BCUT2D eigenvalue weighted by Crippen LogP contribution is -2.40. The minimum atomic E-state index is -1.23. The summed E-state index contributed by atoms with van der Waals surface area (Å²) < 4.78 is 0. The molecule has 0 saturated heterocycles. The highest BCUT2D eigenvalue weighted by atomic mass is 35.5. The van der Waals surface area contributed by atoms with Gasteiger partial charge in [-0.05, 0) is 6.07 Å². The number of carboxylic acid groups (broad SMARTS) is 1. The Morgan fingerprint density at radius 1 is 1.54 bits per heavy atom. The Hall–Kier alpha value is -1.26. The first kappa shape index (κ1) is 11.7. The van der Waals surface area contributed by atoms with Gasteiger partial charge in [-0.15, -0.1) is 11.6 Å². The van der Waals surface area contributed by atoms with Gasteiger partial charge in [0, 0.05) is 6.07 Å². The van der Waals surface area contributed by atoms with E-state index in [4.69, 9.17) is 15.6 Å². The lowest BCUT2D eigenvalue weighted by Gasteiger charge is -1.89. The van der Waals surface area contributed by atoms with Crippen molar-refractivity contribution in [3.8, 4) is 0 Å². The maximum atomic E-state index is 9.12. The summed E-state index contributed by atoms with van der Waals surface area (Å²) in [4.78, 5) is 9.12. The molecule has 72 valence electrons. The molecule has 0 radical (unpaired) electrons. The van der Waals surface area contributed by atoms with E-state index in [1.54, 1.807) is 0 Å². The van der Waals surface area contributed by atoms with Crippen molar-refractivity contribution in [3.05, 3.63) is 24.3 Å². The molecule has 0 amide bonds. The van der Waals surface area contributed by atoms with Gasteiger partial charge in [0.15, 0.2) is 5.69 Å². The van der Waals surface area contributed by atoms with Gasteiger partial charge in [0.25, 0.3) is 0 Å². The number of carbonyl (C=O) groups is 1. The van der Waals surface area contributed by atoms with E-state index in [-0.39, 0.29) is 0 Å². The molecule has 1 aromatic rings. The van der Waals surface area contributed by atoms with Crippen molar-refractivity contribution < 1.29 is 15.6 Å². The number of para-hydroxylation sites is 1. The maximum Gasteiger partial charge on any atom is 0.151 e. The lowest BCUT2D eigenvalue weighted by molar-refractivity contribution is -0.301. The topological polar surface area (TPSA) is 93.8 Å². The van der Waals surface area contributed by atoms with Crippen LogP contribution in [0.3, 0.4) is 0 Å². The number of nitrogen functional groups attached to an aromatic ring is 1. The van der Waals surface area contributed by atoms with E-state index in [0.29, 0.717) is 0 Å². The van der Waals surface area contributed by atoms with Crippen molar-refractivity contribution in [1.29, 1.82) is 0 Å². The summed E-state index contributed by atoms with van der Waals surface area (Å²) in [5.41, 5.74) is 10.8. The average molecular weight is 203 g/mol. The number of benzene rings is 1. The highest BCUT2D eigenvalue weighted by Crippen LogP contribution is 2.08. The number of anilines is 1. The Bertz CT molecular complexity index is 258. The fourth-order valence-electron chi connectivity index (χ4n) is 0.534. The highest BCUT2D eigenvalue weighted by Gasteiger charge is 1.89. The quantitative estimate of drug-likeness (QED) is 0.457. The maximum absolute atomic E-state index is 9.12. The zero-order valence-corrected chi connectivity index (χ0v) is 7.75. The normalized spacial score (nSPS) is 8.46. The number of carboxylic acids is 1. The van der Waals surface area contributed by atoms with Crippen molar-refractivity contribution in [3.63, 3.8) is 0 Å². The number of alkyl halides is 1. The highest BCUT2D eigenvalue weighted by molar-refractivity contribution is 6.25. The summed E-state index contributed by atoms with van der Waals surface area (Å²) in [6.07, 6.45) is 0. The second kappa shape index (κ2) is 6.28. The Morgan fingerprint density at radius 3 is 2.23 bits per heavy atom. The lowest BCUT2D eigenvalue weighted by atomic mass is 10.3. The number of hydrogen-bond donors (Lipinski definition) is 2. The molecule has 1 aromatic carbocycles. The van der Waals surface area contributed by atoms with Gasteiger partial charge in [-0.1, -0.05) is 12.1 Å². The molecule has 0 saturated carbocycles. The van der Waals surface area contributed by atoms with E-state index in [1.807, 2.05) is 24.3 Å². The van der Waals surface area contributed by atoms with Crippen LogP contribution in [0, 0.1) is 0 Å². The SMILES string of the molecule is Nc1ccccc1[NH3+].O=C([O-])CCl. The number of hydrogen-bond acceptors (Lipinski definition) is 3. The molecule has 0 bridgehead atoms. The van der Waals surface area contributed by atoms with Gasteiger partial charge in [0.05, 0.1) is 17.5 Å². The molecule has 0 aliphatic heterocycles. The van der Waals surface area contributed by atoms with E-state index >= 15 is 0 Å². The van der Waals surface area contributed by atoms with Crippen LogP contribution in [0.5, 0.6) is 0 Å². The molecule has 0 aliphatic carbocycles. The van der Waals surface area contributed by atoms with Gasteiger partial charge in [-0.25, -0.2) is 0 Å². The average Bonchev–Trinajstić information content (AvgIpc) is 2.11. The van der Waals surface area contributed by atoms with E-state index in [0.717, 1.165) is 11.4 Å². The molecule has 1 rings (SSSR count). The molecule has 0 unspecified atom stereocenters. The molecule has 0 aromatic heterocycles.